The molecule has 0 heterocycles. The minimum absolute atomic E-state index is 0.0955. The number of hydrogen-bond donors (Lipinski definition) is 0. The Bertz CT molecular complexity index is 1220. The van der Waals surface area contributed by atoms with E-state index < -0.39 is 66.1 Å². The number of hydrogen-bond acceptors (Lipinski definition) is 6. The summed E-state index contributed by atoms with van der Waals surface area (Å²) in [6.07, 6.45) is -4.70. The summed E-state index contributed by atoms with van der Waals surface area (Å²) in [6.45, 7) is 4.25. The van der Waals surface area contributed by atoms with Crippen molar-refractivity contribution < 1.29 is 46.2 Å². The smallest absolute Gasteiger partial charge is 0.416 e. The Kier molecular flexibility index (Phi) is 7.38. The predicted octanol–water partition coefficient (Wildman–Crippen LogP) is 5.45. The molecule has 0 aromatic heterocycles. The van der Waals surface area contributed by atoms with Crippen molar-refractivity contribution in [1.29, 1.82) is 0 Å². The molecule has 37 heavy (non-hydrogen) atoms. The Morgan fingerprint density at radius 3 is 2.19 bits per heavy atom. The lowest BCUT2D eigenvalue weighted by Gasteiger charge is -2.32. The van der Waals surface area contributed by atoms with Crippen LogP contribution in [0, 0.1) is 23.7 Å². The molecule has 0 spiro atoms. The fourth-order valence-electron chi connectivity index (χ4n) is 5.13. The van der Waals surface area contributed by atoms with Gasteiger partial charge in [0.1, 0.15) is 24.3 Å². The summed E-state index contributed by atoms with van der Waals surface area (Å²) in [6, 6.07) is 9.71. The van der Waals surface area contributed by atoms with Gasteiger partial charge < -0.3 is 14.2 Å². The molecule has 2 aliphatic rings. The molecule has 2 saturated carbocycles. The second kappa shape index (κ2) is 10.4. The number of halogens is 4. The molecule has 10 heteroatoms. The summed E-state index contributed by atoms with van der Waals surface area (Å²) in [5.41, 5.74) is -0.539. The van der Waals surface area contributed by atoms with E-state index in [-0.39, 0.29) is 17.1 Å². The van der Waals surface area contributed by atoms with Gasteiger partial charge in [-0.25, -0.2) is 9.18 Å². The monoisotopic (exact) mass is 520 g/mol. The maximum absolute atomic E-state index is 13.3. The normalized spacial score (nSPS) is 24.4. The Hall–Kier alpha value is -3.69. The van der Waals surface area contributed by atoms with Gasteiger partial charge in [0.25, 0.3) is 0 Å². The van der Waals surface area contributed by atoms with Gasteiger partial charge >= 0.3 is 24.1 Å². The van der Waals surface area contributed by atoms with Crippen LogP contribution in [0.5, 0.6) is 11.5 Å². The molecule has 6 nitrogen and oxygen atoms in total. The lowest BCUT2D eigenvalue weighted by Crippen LogP contribution is -2.44. The van der Waals surface area contributed by atoms with Gasteiger partial charge in [-0.3, -0.25) is 9.59 Å². The number of alkyl halides is 4. The number of ether oxygens (including phenoxy) is 3. The zero-order chi connectivity index (χ0) is 26.9. The molecule has 0 saturated heterocycles. The van der Waals surface area contributed by atoms with E-state index in [1.165, 1.54) is 37.3 Å². The van der Waals surface area contributed by atoms with E-state index in [0.29, 0.717) is 24.5 Å². The standard InChI is InChI=1S/C27H24F4O6/c1-14(2)24(32)37-21-11-16-10-20(21)23(22(16)25(33)35-18-7-3-5-15(9-18)13-28)26(34)36-19-8-4-6-17(12-19)27(29,30)31/h3-9,12,16,20-23H,1,10-11,13H2,2H3. The number of carbonyl (C=O) groups is 3. The highest BCUT2D eigenvalue weighted by Crippen LogP contribution is 2.54. The van der Waals surface area contributed by atoms with Gasteiger partial charge in [-0.15, -0.1) is 0 Å². The lowest BCUT2D eigenvalue weighted by atomic mass is 9.77. The number of rotatable bonds is 7. The average molecular weight is 520 g/mol. The van der Waals surface area contributed by atoms with Gasteiger partial charge in [-0.2, -0.15) is 13.2 Å². The maximum atomic E-state index is 13.3. The van der Waals surface area contributed by atoms with Gasteiger partial charge in [0.2, 0.25) is 0 Å². The zero-order valence-electron chi connectivity index (χ0n) is 19.8. The molecule has 4 rings (SSSR count). The molecule has 0 N–H and O–H groups in total. The van der Waals surface area contributed by atoms with Crippen molar-refractivity contribution in [1.82, 2.24) is 0 Å². The quantitative estimate of drug-likeness (QED) is 0.209. The fraction of sp³-hybridized carbons (Fsp3) is 0.370. The number of carbonyl (C=O) groups excluding carboxylic acids is 3. The van der Waals surface area contributed by atoms with Crippen LogP contribution in [-0.2, 0) is 32.0 Å². The lowest BCUT2D eigenvalue weighted by molar-refractivity contribution is -0.161. The number of benzene rings is 2. The zero-order valence-corrected chi connectivity index (χ0v) is 19.8. The summed E-state index contributed by atoms with van der Waals surface area (Å²) in [7, 11) is 0. The highest BCUT2D eigenvalue weighted by Gasteiger charge is 2.60. The van der Waals surface area contributed by atoms with Crippen LogP contribution in [0.1, 0.15) is 30.9 Å². The Morgan fingerprint density at radius 1 is 0.946 bits per heavy atom. The molecule has 5 unspecified atom stereocenters. The summed E-state index contributed by atoms with van der Waals surface area (Å²) >= 11 is 0. The molecule has 0 radical (unpaired) electrons. The molecule has 0 amide bonds. The van der Waals surface area contributed by atoms with Crippen LogP contribution in [0.2, 0.25) is 0 Å². The van der Waals surface area contributed by atoms with Gasteiger partial charge in [0.05, 0.1) is 17.4 Å². The first-order valence-electron chi connectivity index (χ1n) is 11.6. The van der Waals surface area contributed by atoms with E-state index in [9.17, 15) is 31.9 Å². The Labute approximate surface area is 210 Å². The second-order valence-corrected chi connectivity index (χ2v) is 9.32. The summed E-state index contributed by atoms with van der Waals surface area (Å²) in [5, 5.41) is 0. The highest BCUT2D eigenvalue weighted by molar-refractivity contribution is 5.88. The van der Waals surface area contributed by atoms with Crippen LogP contribution >= 0.6 is 0 Å². The van der Waals surface area contributed by atoms with Crippen LogP contribution < -0.4 is 9.47 Å². The Balaban J connectivity index is 1.59. The first kappa shape index (κ1) is 26.4. The third-order valence-corrected chi connectivity index (χ3v) is 6.75. The van der Waals surface area contributed by atoms with Crippen molar-refractivity contribution in [2.24, 2.45) is 23.7 Å². The maximum Gasteiger partial charge on any atom is 0.416 e. The molecular weight excluding hydrogens is 496 g/mol. The first-order valence-corrected chi connectivity index (χ1v) is 11.6. The third kappa shape index (κ3) is 5.68. The number of fused-ring (bicyclic) bond motifs is 2. The summed E-state index contributed by atoms with van der Waals surface area (Å²) < 4.78 is 68.6. The van der Waals surface area contributed by atoms with Crippen molar-refractivity contribution in [2.75, 3.05) is 0 Å². The van der Waals surface area contributed by atoms with Crippen LogP contribution in [0.25, 0.3) is 0 Å². The molecule has 2 bridgehead atoms. The predicted molar refractivity (Wildman–Crippen MR) is 122 cm³/mol. The molecule has 2 aliphatic carbocycles. The molecule has 2 aromatic rings. The topological polar surface area (TPSA) is 78.9 Å². The van der Waals surface area contributed by atoms with Crippen molar-refractivity contribution in [2.45, 2.75) is 38.7 Å². The van der Waals surface area contributed by atoms with E-state index in [1.54, 1.807) is 0 Å². The highest BCUT2D eigenvalue weighted by atomic mass is 19.4. The van der Waals surface area contributed by atoms with Crippen molar-refractivity contribution >= 4 is 17.9 Å². The van der Waals surface area contributed by atoms with Crippen molar-refractivity contribution in [3.8, 4) is 11.5 Å². The molecule has 2 aromatic carbocycles. The number of esters is 3. The summed E-state index contributed by atoms with van der Waals surface area (Å²) in [5.74, 6) is -5.69. The van der Waals surface area contributed by atoms with Crippen LogP contribution in [0.15, 0.2) is 60.7 Å². The van der Waals surface area contributed by atoms with E-state index >= 15 is 0 Å². The van der Waals surface area contributed by atoms with Crippen LogP contribution in [0.3, 0.4) is 0 Å². The fourth-order valence-corrected chi connectivity index (χ4v) is 5.13. The van der Waals surface area contributed by atoms with Gasteiger partial charge in [-0.05, 0) is 61.6 Å². The van der Waals surface area contributed by atoms with Crippen molar-refractivity contribution in [3.63, 3.8) is 0 Å². The van der Waals surface area contributed by atoms with Gasteiger partial charge in [0, 0.05) is 11.5 Å². The third-order valence-electron chi connectivity index (χ3n) is 6.75. The SMILES string of the molecule is C=C(C)C(=O)OC1CC2CC1C(C(=O)Oc1cccc(C(F)(F)F)c1)C2C(=O)Oc1cccc(CF)c1. The van der Waals surface area contributed by atoms with Gasteiger partial charge in [-0.1, -0.05) is 24.8 Å². The second-order valence-electron chi connectivity index (χ2n) is 9.32. The molecular formula is C27H24F4O6. The summed E-state index contributed by atoms with van der Waals surface area (Å²) in [4.78, 5) is 38.6. The first-order chi connectivity index (χ1) is 17.5. The molecule has 0 aliphatic heterocycles. The molecule has 5 atom stereocenters. The largest absolute Gasteiger partial charge is 0.459 e. The Morgan fingerprint density at radius 2 is 1.57 bits per heavy atom. The minimum atomic E-state index is -4.64. The van der Waals surface area contributed by atoms with E-state index in [0.717, 1.165) is 12.1 Å². The van der Waals surface area contributed by atoms with Gasteiger partial charge in [0.15, 0.2) is 0 Å². The average Bonchev–Trinajstić information content (AvgIpc) is 3.42. The van der Waals surface area contributed by atoms with Crippen LogP contribution in [0.4, 0.5) is 17.6 Å². The molecule has 196 valence electrons. The van der Waals surface area contributed by atoms with E-state index in [1.807, 2.05) is 0 Å². The molecule has 2 fully saturated rings. The van der Waals surface area contributed by atoms with Crippen LogP contribution in [-0.4, -0.2) is 24.0 Å². The minimum Gasteiger partial charge on any atom is -0.459 e. The van der Waals surface area contributed by atoms with E-state index in [2.05, 4.69) is 6.58 Å². The van der Waals surface area contributed by atoms with Crippen molar-refractivity contribution in [3.05, 3.63) is 71.8 Å². The van der Waals surface area contributed by atoms with E-state index in [4.69, 9.17) is 14.2 Å².